The summed E-state index contributed by atoms with van der Waals surface area (Å²) in [5.41, 5.74) is 5.51. The van der Waals surface area contributed by atoms with Gasteiger partial charge in [-0.15, -0.1) is 0 Å². The number of carbonyl (C=O) groups is 2. The lowest BCUT2D eigenvalue weighted by Crippen LogP contribution is -2.23. The largest absolute Gasteiger partial charge is 0.365 e. The van der Waals surface area contributed by atoms with Gasteiger partial charge in [-0.3, -0.25) is 19.0 Å². The zero-order valence-corrected chi connectivity index (χ0v) is 15.1. The molecule has 0 atom stereocenters. The maximum Gasteiger partial charge on any atom is 0.261 e. The number of anilines is 1. The molecular weight excluding hydrogens is 410 g/mol. The number of benzene rings is 1. The van der Waals surface area contributed by atoms with Crippen LogP contribution in [0.25, 0.3) is 10.9 Å². The number of carbonyl (C=O) groups excluding carboxylic acids is 2. The van der Waals surface area contributed by atoms with Crippen LogP contribution in [0.1, 0.15) is 16.1 Å². The fourth-order valence-electron chi connectivity index (χ4n) is 2.14. The summed E-state index contributed by atoms with van der Waals surface area (Å²) < 4.78 is 2.16. The number of nitrogens with two attached hydrogens (primary N) is 1. The maximum absolute atomic E-state index is 12.4. The molecule has 0 saturated carbocycles. The van der Waals surface area contributed by atoms with E-state index >= 15 is 0 Å². The third kappa shape index (κ3) is 3.91. The second-order valence-electron chi connectivity index (χ2n) is 5.10. The summed E-state index contributed by atoms with van der Waals surface area (Å²) in [6, 6.07) is 5.25. The molecule has 0 spiro atoms. The Bertz CT molecular complexity index is 1030. The van der Waals surface area contributed by atoms with Gasteiger partial charge in [-0.25, -0.2) is 9.97 Å². The second-order valence-corrected chi connectivity index (χ2v) is 7.04. The Balaban J connectivity index is 1.69. The summed E-state index contributed by atoms with van der Waals surface area (Å²) in [7, 11) is 0. The minimum Gasteiger partial charge on any atom is -0.365 e. The molecule has 2 heterocycles. The van der Waals surface area contributed by atoms with Crippen molar-refractivity contribution in [2.24, 2.45) is 5.73 Å². The molecule has 2 amide bonds. The van der Waals surface area contributed by atoms with Gasteiger partial charge < -0.3 is 11.1 Å². The predicted octanol–water partition coefficient (Wildman–Crippen LogP) is 1.74. The fourth-order valence-corrected chi connectivity index (χ4v) is 3.19. The smallest absolute Gasteiger partial charge is 0.261 e. The number of fused-ring (bicyclic) bond motifs is 1. The highest BCUT2D eigenvalue weighted by molar-refractivity contribution is 9.10. The van der Waals surface area contributed by atoms with Gasteiger partial charge >= 0.3 is 0 Å². The van der Waals surface area contributed by atoms with Crippen molar-refractivity contribution in [3.8, 4) is 0 Å². The molecule has 0 saturated heterocycles. The highest BCUT2D eigenvalue weighted by Crippen LogP contribution is 2.17. The standard InChI is InChI=1S/C15H12BrN5O3S/c16-8-1-2-10-9(5-8)14(24)21(7-19-10)4-3-12(22)20-15-18-6-11(25-15)13(17)23/h1-2,5-7H,3-4H2,(H2,17,23)(H,18,20,22). The van der Waals surface area contributed by atoms with Crippen LogP contribution in [0.3, 0.4) is 0 Å². The topological polar surface area (TPSA) is 120 Å². The lowest BCUT2D eigenvalue weighted by atomic mass is 10.2. The molecule has 3 rings (SSSR count). The third-order valence-electron chi connectivity index (χ3n) is 3.36. The molecular formula is C15H12BrN5O3S. The van der Waals surface area contributed by atoms with Crippen LogP contribution in [0, 0.1) is 0 Å². The van der Waals surface area contributed by atoms with E-state index in [0.717, 1.165) is 15.8 Å². The Morgan fingerprint density at radius 3 is 2.84 bits per heavy atom. The molecule has 0 aliphatic carbocycles. The van der Waals surface area contributed by atoms with Crippen LogP contribution in [-0.4, -0.2) is 26.3 Å². The average Bonchev–Trinajstić information content (AvgIpc) is 3.03. The van der Waals surface area contributed by atoms with Crippen molar-refractivity contribution in [2.75, 3.05) is 5.32 Å². The van der Waals surface area contributed by atoms with Gasteiger partial charge in [0.1, 0.15) is 4.88 Å². The van der Waals surface area contributed by atoms with E-state index in [9.17, 15) is 14.4 Å². The Hall–Kier alpha value is -2.59. The number of aromatic nitrogens is 3. The number of nitrogens with one attached hydrogen (secondary N) is 1. The van der Waals surface area contributed by atoms with Gasteiger partial charge in [-0.05, 0) is 18.2 Å². The molecule has 0 fully saturated rings. The summed E-state index contributed by atoms with van der Waals surface area (Å²) >= 11 is 4.32. The monoisotopic (exact) mass is 421 g/mol. The quantitative estimate of drug-likeness (QED) is 0.649. The molecule has 2 aromatic heterocycles. The van der Waals surface area contributed by atoms with E-state index in [4.69, 9.17) is 5.73 Å². The van der Waals surface area contributed by atoms with E-state index < -0.39 is 5.91 Å². The number of hydrogen-bond acceptors (Lipinski definition) is 6. The molecule has 3 aromatic rings. The van der Waals surface area contributed by atoms with Gasteiger partial charge in [0.2, 0.25) is 5.91 Å². The molecule has 0 unspecified atom stereocenters. The number of halogens is 1. The average molecular weight is 422 g/mol. The first kappa shape index (κ1) is 17.2. The summed E-state index contributed by atoms with van der Waals surface area (Å²) in [5, 5.41) is 3.33. The predicted molar refractivity (Wildman–Crippen MR) is 97.6 cm³/mol. The van der Waals surface area contributed by atoms with Crippen LogP contribution in [-0.2, 0) is 11.3 Å². The van der Waals surface area contributed by atoms with Gasteiger partial charge in [0.15, 0.2) is 5.13 Å². The van der Waals surface area contributed by atoms with Gasteiger partial charge in [0, 0.05) is 17.4 Å². The van der Waals surface area contributed by atoms with Gasteiger partial charge in [0.05, 0.1) is 23.4 Å². The maximum atomic E-state index is 12.4. The van der Waals surface area contributed by atoms with Crippen molar-refractivity contribution in [3.05, 3.63) is 50.4 Å². The number of aryl methyl sites for hydroxylation is 1. The molecule has 8 nitrogen and oxygen atoms in total. The molecule has 0 radical (unpaired) electrons. The number of hydrogen-bond donors (Lipinski definition) is 2. The Morgan fingerprint density at radius 2 is 2.12 bits per heavy atom. The van der Waals surface area contributed by atoms with Crippen LogP contribution < -0.4 is 16.6 Å². The van der Waals surface area contributed by atoms with E-state index in [-0.39, 0.29) is 34.4 Å². The Labute approximate surface area is 153 Å². The summed E-state index contributed by atoms with van der Waals surface area (Å²) in [6.45, 7) is 0.175. The minimum absolute atomic E-state index is 0.0621. The molecule has 3 N–H and O–H groups in total. The zero-order chi connectivity index (χ0) is 18.0. The Morgan fingerprint density at radius 1 is 1.32 bits per heavy atom. The third-order valence-corrected chi connectivity index (χ3v) is 4.78. The second kappa shape index (κ2) is 7.11. The van der Waals surface area contributed by atoms with E-state index in [1.807, 2.05) is 0 Å². The van der Waals surface area contributed by atoms with Crippen molar-refractivity contribution >= 4 is 55.1 Å². The fraction of sp³-hybridized carbons (Fsp3) is 0.133. The highest BCUT2D eigenvalue weighted by atomic mass is 79.9. The minimum atomic E-state index is -0.599. The van der Waals surface area contributed by atoms with E-state index in [1.165, 1.54) is 17.1 Å². The molecule has 1 aromatic carbocycles. The highest BCUT2D eigenvalue weighted by Gasteiger charge is 2.11. The van der Waals surface area contributed by atoms with Crippen LogP contribution >= 0.6 is 27.3 Å². The van der Waals surface area contributed by atoms with Crippen molar-refractivity contribution < 1.29 is 9.59 Å². The number of nitrogens with zero attached hydrogens (tertiary/aromatic N) is 3. The van der Waals surface area contributed by atoms with E-state index in [1.54, 1.807) is 18.2 Å². The molecule has 25 heavy (non-hydrogen) atoms. The number of amides is 2. The van der Waals surface area contributed by atoms with Gasteiger partial charge in [-0.1, -0.05) is 27.3 Å². The lowest BCUT2D eigenvalue weighted by molar-refractivity contribution is -0.116. The van der Waals surface area contributed by atoms with Crippen LogP contribution in [0.2, 0.25) is 0 Å². The SMILES string of the molecule is NC(=O)c1cnc(NC(=O)CCn2cnc3ccc(Br)cc3c2=O)s1. The Kier molecular flexibility index (Phi) is 4.91. The van der Waals surface area contributed by atoms with Crippen molar-refractivity contribution in [3.63, 3.8) is 0 Å². The van der Waals surface area contributed by atoms with Gasteiger partial charge in [0.25, 0.3) is 11.5 Å². The summed E-state index contributed by atoms with van der Waals surface area (Å²) in [6.07, 6.45) is 2.78. The van der Waals surface area contributed by atoms with Crippen LogP contribution in [0.4, 0.5) is 5.13 Å². The number of thiazole rings is 1. The molecule has 128 valence electrons. The first-order valence-corrected chi connectivity index (χ1v) is 8.75. The number of primary amides is 1. The van der Waals surface area contributed by atoms with E-state index in [0.29, 0.717) is 10.9 Å². The van der Waals surface area contributed by atoms with Crippen molar-refractivity contribution in [2.45, 2.75) is 13.0 Å². The van der Waals surface area contributed by atoms with Crippen molar-refractivity contribution in [1.82, 2.24) is 14.5 Å². The summed E-state index contributed by atoms with van der Waals surface area (Å²) in [4.78, 5) is 43.8. The van der Waals surface area contributed by atoms with Crippen LogP contribution in [0.5, 0.6) is 0 Å². The van der Waals surface area contributed by atoms with Crippen LogP contribution in [0.15, 0.2) is 40.0 Å². The van der Waals surface area contributed by atoms with E-state index in [2.05, 4.69) is 31.2 Å². The first-order chi connectivity index (χ1) is 11.9. The molecule has 0 aliphatic rings. The molecule has 0 bridgehead atoms. The molecule has 10 heteroatoms. The number of rotatable bonds is 5. The zero-order valence-electron chi connectivity index (χ0n) is 12.7. The first-order valence-electron chi connectivity index (χ1n) is 7.14. The lowest BCUT2D eigenvalue weighted by Gasteiger charge is -2.06. The summed E-state index contributed by atoms with van der Waals surface area (Å²) in [5.74, 6) is -0.926. The normalized spacial score (nSPS) is 10.8. The molecule has 0 aliphatic heterocycles. The van der Waals surface area contributed by atoms with Gasteiger partial charge in [-0.2, -0.15) is 0 Å². The van der Waals surface area contributed by atoms with Crippen molar-refractivity contribution in [1.29, 1.82) is 0 Å².